The van der Waals surface area contributed by atoms with Crippen LogP contribution in [-0.2, 0) is 0 Å². The van der Waals surface area contributed by atoms with Crippen LogP contribution < -0.4 is 14.5 Å². The monoisotopic (exact) mass is 704 g/mol. The summed E-state index contributed by atoms with van der Waals surface area (Å²) in [6.45, 7) is -2.07. The zero-order chi connectivity index (χ0) is 36.7. The van der Waals surface area contributed by atoms with Crippen LogP contribution in [0.4, 0.5) is 17.1 Å². The molecule has 9 aromatic rings. The van der Waals surface area contributed by atoms with Gasteiger partial charge in [0, 0.05) is 62.7 Å². The molecule has 0 amide bonds. The largest absolute Gasteiger partial charge is 0.457 e. The number of hydrogen-bond donors (Lipinski definition) is 0. The van der Waals surface area contributed by atoms with E-state index in [1.807, 2.05) is 114 Å². The van der Waals surface area contributed by atoms with Crippen LogP contribution in [0.15, 0.2) is 146 Å². The smallest absolute Gasteiger partial charge is 0.139 e. The minimum Gasteiger partial charge on any atom is -0.457 e. The molecule has 0 unspecified atom stereocenters. The van der Waals surface area contributed by atoms with Crippen LogP contribution in [0.2, 0.25) is 10.0 Å². The number of hydrogen-bond acceptors (Lipinski definition) is 4. The first-order chi connectivity index (χ1) is 26.2. The minimum absolute atomic E-state index is 0.199. The molecule has 1 aliphatic heterocycles. The second-order valence-corrected chi connectivity index (χ2v) is 13.4. The topological polar surface area (TPSA) is 38.5 Å². The molecule has 3 aromatic heterocycles. The fourth-order valence-electron chi connectivity index (χ4n) is 7.47. The number of rotatable bonds is 5. The van der Waals surface area contributed by atoms with Crippen molar-refractivity contribution in [3.8, 4) is 23.0 Å². The summed E-state index contributed by atoms with van der Waals surface area (Å²) in [5.41, 5.74) is 6.87. The lowest BCUT2D eigenvalue weighted by Gasteiger charge is -2.20. The molecule has 0 saturated heterocycles. The highest BCUT2D eigenvalue weighted by atomic mass is 35.5. The van der Waals surface area contributed by atoms with Crippen LogP contribution in [-0.4, -0.2) is 27.8 Å². The molecular formula is C43H29Cl2N5O. The average Bonchev–Trinajstić information content (AvgIpc) is 3.83. The van der Waals surface area contributed by atoms with Gasteiger partial charge in [0.2, 0.25) is 0 Å². The molecule has 8 heteroatoms. The van der Waals surface area contributed by atoms with E-state index in [2.05, 4.69) is 45.5 Å². The third-order valence-corrected chi connectivity index (χ3v) is 10.3. The Hall–Kier alpha value is -5.95. The predicted octanol–water partition coefficient (Wildman–Crippen LogP) is 11.9. The molecule has 0 fully saturated rings. The van der Waals surface area contributed by atoms with E-state index >= 15 is 0 Å². The van der Waals surface area contributed by atoms with Gasteiger partial charge in [0.05, 0.1) is 55.8 Å². The van der Waals surface area contributed by atoms with Gasteiger partial charge in [-0.2, -0.15) is 0 Å². The Labute approximate surface area is 308 Å². The lowest BCUT2D eigenvalue weighted by molar-refractivity contribution is 0.483. The minimum atomic E-state index is -2.27. The van der Waals surface area contributed by atoms with E-state index in [1.54, 1.807) is 0 Å². The molecule has 246 valence electrons. The maximum absolute atomic E-state index is 8.11. The second-order valence-electron chi connectivity index (χ2n) is 12.6. The SMILES string of the molecule is [2H]C([2H])([2H])N1CN(c2cccc(Oc3ccc4c5ccccc5n(-c5cc6c(cn5)c5ccccc5n6-c5c(Cl)cccc5Cl)c4c3)c2)c2ccccc21. The third kappa shape index (κ3) is 4.68. The van der Waals surface area contributed by atoms with Crippen LogP contribution in [0.25, 0.3) is 55.1 Å². The lowest BCUT2D eigenvalue weighted by atomic mass is 10.1. The van der Waals surface area contributed by atoms with E-state index in [0.717, 1.165) is 60.8 Å². The van der Waals surface area contributed by atoms with Crippen LogP contribution >= 0.6 is 23.2 Å². The van der Waals surface area contributed by atoms with Crippen LogP contribution in [0.3, 0.4) is 0 Å². The van der Waals surface area contributed by atoms with Gasteiger partial charge < -0.3 is 19.1 Å². The van der Waals surface area contributed by atoms with Crippen molar-refractivity contribution >= 4 is 83.9 Å². The van der Waals surface area contributed by atoms with E-state index < -0.39 is 6.98 Å². The van der Waals surface area contributed by atoms with Crippen molar-refractivity contribution in [3.63, 3.8) is 0 Å². The summed E-state index contributed by atoms with van der Waals surface area (Å²) in [7, 11) is 0. The van der Waals surface area contributed by atoms with E-state index in [-0.39, 0.29) is 6.67 Å². The number of nitrogens with zero attached hydrogens (tertiary/aromatic N) is 5. The summed E-state index contributed by atoms with van der Waals surface area (Å²) in [6, 6.07) is 45.5. The second kappa shape index (κ2) is 11.6. The maximum Gasteiger partial charge on any atom is 0.139 e. The van der Waals surface area contributed by atoms with Crippen molar-refractivity contribution in [2.75, 3.05) is 23.4 Å². The zero-order valence-electron chi connectivity index (χ0n) is 30.0. The van der Waals surface area contributed by atoms with Crippen molar-refractivity contribution in [2.24, 2.45) is 0 Å². The Morgan fingerprint density at radius 2 is 1.24 bits per heavy atom. The fourth-order valence-corrected chi connectivity index (χ4v) is 8.03. The van der Waals surface area contributed by atoms with Crippen molar-refractivity contribution in [3.05, 3.63) is 156 Å². The van der Waals surface area contributed by atoms with E-state index in [1.165, 1.54) is 4.90 Å². The Balaban J connectivity index is 1.09. The fraction of sp³-hybridized carbons (Fsp3) is 0.0465. The molecule has 4 heterocycles. The highest BCUT2D eigenvalue weighted by Crippen LogP contribution is 2.42. The Morgan fingerprint density at radius 3 is 2.04 bits per heavy atom. The van der Waals surface area contributed by atoms with E-state index in [4.69, 9.17) is 37.0 Å². The quantitative estimate of drug-likeness (QED) is 0.179. The number of halogens is 2. The molecule has 6 nitrogen and oxygen atoms in total. The Morgan fingerprint density at radius 1 is 0.588 bits per heavy atom. The molecule has 0 aliphatic carbocycles. The van der Waals surface area contributed by atoms with Gasteiger partial charge in [-0.25, -0.2) is 4.98 Å². The molecule has 1 aliphatic rings. The van der Waals surface area contributed by atoms with Crippen LogP contribution in [0, 0.1) is 0 Å². The molecule has 0 saturated carbocycles. The summed E-state index contributed by atoms with van der Waals surface area (Å²) in [4.78, 5) is 8.49. The number of ether oxygens (including phenoxy) is 1. The molecule has 10 rings (SSSR count). The van der Waals surface area contributed by atoms with Gasteiger partial charge in [-0.15, -0.1) is 0 Å². The maximum atomic E-state index is 8.11. The van der Waals surface area contributed by atoms with Gasteiger partial charge in [0.25, 0.3) is 0 Å². The average molecular weight is 706 g/mol. The van der Waals surface area contributed by atoms with Gasteiger partial charge in [-0.05, 0) is 60.7 Å². The molecular weight excluding hydrogens is 673 g/mol. The van der Waals surface area contributed by atoms with Gasteiger partial charge in [0.15, 0.2) is 0 Å². The number of fused-ring (bicyclic) bond motifs is 7. The summed E-state index contributed by atoms with van der Waals surface area (Å²) >= 11 is 13.7. The molecule has 51 heavy (non-hydrogen) atoms. The number of para-hydroxylation sites is 5. The predicted molar refractivity (Wildman–Crippen MR) is 211 cm³/mol. The molecule has 0 N–H and O–H groups in total. The molecule has 0 spiro atoms. The van der Waals surface area contributed by atoms with Crippen molar-refractivity contribution in [1.29, 1.82) is 0 Å². The number of anilines is 3. The van der Waals surface area contributed by atoms with Crippen molar-refractivity contribution in [2.45, 2.75) is 0 Å². The molecule has 0 bridgehead atoms. The standard InChI is InChI=1S/C43H29Cl2N5O/c1-47-26-48(39-19-7-6-18-38(39)47)27-10-8-11-28(22-27)51-29-20-21-32-30-12-2-4-16-36(30)49(40(32)23-29)42-24-41-33(25-46-42)31-13-3-5-17-37(31)50(41)43-34(44)14-9-15-35(43)45/h2-25H,26H2,1H3/i1D3. The van der Waals surface area contributed by atoms with Gasteiger partial charge in [-0.3, -0.25) is 4.57 Å². The van der Waals surface area contributed by atoms with Crippen molar-refractivity contribution in [1.82, 2.24) is 14.1 Å². The van der Waals surface area contributed by atoms with Gasteiger partial charge in [0.1, 0.15) is 17.3 Å². The number of pyridine rings is 1. The first-order valence-corrected chi connectivity index (χ1v) is 17.3. The number of benzene rings is 6. The lowest BCUT2D eigenvalue weighted by Crippen LogP contribution is -2.23. The summed E-state index contributed by atoms with van der Waals surface area (Å²) < 4.78 is 35.2. The zero-order valence-corrected chi connectivity index (χ0v) is 28.5. The summed E-state index contributed by atoms with van der Waals surface area (Å²) in [6.07, 6.45) is 1.92. The highest BCUT2D eigenvalue weighted by molar-refractivity contribution is 6.38. The van der Waals surface area contributed by atoms with Gasteiger partial charge >= 0.3 is 0 Å². The first-order valence-electron chi connectivity index (χ1n) is 18.0. The van der Waals surface area contributed by atoms with Crippen LogP contribution in [0.1, 0.15) is 4.11 Å². The third-order valence-electron chi connectivity index (χ3n) is 9.69. The van der Waals surface area contributed by atoms with Gasteiger partial charge in [-0.1, -0.05) is 83.9 Å². The molecule has 0 radical (unpaired) electrons. The highest BCUT2D eigenvalue weighted by Gasteiger charge is 2.24. The van der Waals surface area contributed by atoms with E-state index in [9.17, 15) is 0 Å². The summed E-state index contributed by atoms with van der Waals surface area (Å²) in [5, 5.41) is 5.28. The molecule has 0 atom stereocenters. The first kappa shape index (κ1) is 26.9. The molecule has 6 aromatic carbocycles. The normalized spacial score (nSPS) is 14.0. The van der Waals surface area contributed by atoms with Crippen molar-refractivity contribution < 1.29 is 8.85 Å². The Bertz CT molecular complexity index is 2940. The van der Waals surface area contributed by atoms with Crippen LogP contribution in [0.5, 0.6) is 11.5 Å². The summed E-state index contributed by atoms with van der Waals surface area (Å²) in [5.74, 6) is 2.00. The number of aromatic nitrogens is 3. The Kier molecular flexibility index (Phi) is 6.09. The van der Waals surface area contributed by atoms with E-state index in [0.29, 0.717) is 32.9 Å².